The van der Waals surface area contributed by atoms with E-state index in [-0.39, 0.29) is 5.56 Å². The van der Waals surface area contributed by atoms with Crippen molar-refractivity contribution in [3.8, 4) is 0 Å². The lowest BCUT2D eigenvalue weighted by Gasteiger charge is -2.08. The Morgan fingerprint density at radius 1 is 1.36 bits per heavy atom. The maximum atomic E-state index is 13.1. The maximum absolute atomic E-state index is 13.1. The van der Waals surface area contributed by atoms with E-state index in [0.29, 0.717) is 22.6 Å². The third-order valence-electron chi connectivity index (χ3n) is 3.34. The first kappa shape index (κ1) is 14.5. The quantitative estimate of drug-likeness (QED) is 0.576. The first-order chi connectivity index (χ1) is 10.6. The van der Waals surface area contributed by atoms with Gasteiger partial charge in [-0.1, -0.05) is 17.7 Å². The summed E-state index contributed by atoms with van der Waals surface area (Å²) in [6.07, 6.45) is 3.18. The van der Waals surface area contributed by atoms with Gasteiger partial charge in [-0.25, -0.2) is 9.87 Å². The van der Waals surface area contributed by atoms with Crippen molar-refractivity contribution in [2.75, 3.05) is 0 Å². The van der Waals surface area contributed by atoms with Crippen molar-refractivity contribution in [2.24, 2.45) is 0 Å². The van der Waals surface area contributed by atoms with Gasteiger partial charge in [0.15, 0.2) is 0 Å². The van der Waals surface area contributed by atoms with E-state index in [0.717, 1.165) is 5.56 Å². The summed E-state index contributed by atoms with van der Waals surface area (Å²) in [6.45, 7) is 0.411. The average Bonchev–Trinajstić information content (AvgIpc) is 2.91. The Kier molecular flexibility index (Phi) is 3.79. The molecule has 1 amide bonds. The number of aromatic nitrogens is 2. The SMILES string of the molecule is O=C(NO)c1cnc2ccn(Cc3ccc(F)cc3Cl)c2c1. The summed E-state index contributed by atoms with van der Waals surface area (Å²) in [5.74, 6) is -1.03. The predicted molar refractivity (Wildman–Crippen MR) is 79.5 cm³/mol. The number of hydroxylamine groups is 1. The number of rotatable bonds is 3. The van der Waals surface area contributed by atoms with Crippen LogP contribution in [0.1, 0.15) is 15.9 Å². The van der Waals surface area contributed by atoms with Gasteiger partial charge in [-0.15, -0.1) is 0 Å². The molecule has 3 rings (SSSR count). The van der Waals surface area contributed by atoms with Crippen molar-refractivity contribution in [3.63, 3.8) is 0 Å². The van der Waals surface area contributed by atoms with Crippen LogP contribution in [0.2, 0.25) is 5.02 Å². The highest BCUT2D eigenvalue weighted by atomic mass is 35.5. The Bertz CT molecular complexity index is 863. The van der Waals surface area contributed by atoms with E-state index in [9.17, 15) is 9.18 Å². The number of carbonyl (C=O) groups excluding carboxylic acids is 1. The molecule has 0 aliphatic rings. The largest absolute Gasteiger partial charge is 0.342 e. The second kappa shape index (κ2) is 5.75. The second-order valence-electron chi connectivity index (χ2n) is 4.75. The fourth-order valence-electron chi connectivity index (χ4n) is 2.22. The van der Waals surface area contributed by atoms with Crippen LogP contribution in [-0.2, 0) is 6.54 Å². The number of hydrogen-bond acceptors (Lipinski definition) is 3. The number of amides is 1. The molecule has 0 bridgehead atoms. The molecule has 0 unspecified atom stereocenters. The molecule has 2 aromatic heterocycles. The molecule has 1 aromatic carbocycles. The fraction of sp³-hybridized carbons (Fsp3) is 0.0667. The third-order valence-corrected chi connectivity index (χ3v) is 3.69. The van der Waals surface area contributed by atoms with Crippen LogP contribution in [0.4, 0.5) is 4.39 Å². The predicted octanol–water partition coefficient (Wildman–Crippen LogP) is 3.00. The third kappa shape index (κ3) is 2.66. The van der Waals surface area contributed by atoms with Gasteiger partial charge < -0.3 is 4.57 Å². The molecule has 0 fully saturated rings. The molecule has 5 nitrogen and oxygen atoms in total. The number of hydrogen-bond donors (Lipinski definition) is 2. The van der Waals surface area contributed by atoms with Crippen LogP contribution in [0.25, 0.3) is 11.0 Å². The summed E-state index contributed by atoms with van der Waals surface area (Å²) in [4.78, 5) is 15.6. The number of nitrogens with one attached hydrogen (secondary N) is 1. The Morgan fingerprint density at radius 3 is 2.91 bits per heavy atom. The Balaban J connectivity index is 2.01. The Morgan fingerprint density at radius 2 is 2.18 bits per heavy atom. The molecular weight excluding hydrogens is 309 g/mol. The van der Waals surface area contributed by atoms with E-state index in [1.807, 2.05) is 4.57 Å². The van der Waals surface area contributed by atoms with Crippen LogP contribution < -0.4 is 5.48 Å². The molecule has 0 aliphatic carbocycles. The zero-order valence-corrected chi connectivity index (χ0v) is 12.0. The number of halogens is 2. The standard InChI is InChI=1S/C15H11ClFN3O2/c16-12-6-11(17)2-1-9(12)8-20-4-3-13-14(20)5-10(7-18-13)15(21)19-22/h1-7,22H,8H2,(H,19,21). The van der Waals surface area contributed by atoms with Crippen LogP contribution in [-0.4, -0.2) is 20.7 Å². The van der Waals surface area contributed by atoms with Crippen LogP contribution in [0, 0.1) is 5.82 Å². The minimum Gasteiger partial charge on any atom is -0.342 e. The lowest BCUT2D eigenvalue weighted by atomic mass is 10.2. The smallest absolute Gasteiger partial charge is 0.276 e. The van der Waals surface area contributed by atoms with Gasteiger partial charge in [0.1, 0.15) is 5.82 Å². The van der Waals surface area contributed by atoms with Crippen LogP contribution in [0.5, 0.6) is 0 Å². The second-order valence-corrected chi connectivity index (χ2v) is 5.16. The lowest BCUT2D eigenvalue weighted by Crippen LogP contribution is -2.18. The van der Waals surface area contributed by atoms with Gasteiger partial charge in [-0.2, -0.15) is 0 Å². The van der Waals surface area contributed by atoms with Crippen molar-refractivity contribution in [2.45, 2.75) is 6.54 Å². The molecule has 0 aliphatic heterocycles. The van der Waals surface area contributed by atoms with Crippen LogP contribution >= 0.6 is 11.6 Å². The van der Waals surface area contributed by atoms with Crippen molar-refractivity contribution < 1.29 is 14.4 Å². The molecular formula is C15H11ClFN3O2. The summed E-state index contributed by atoms with van der Waals surface area (Å²) in [7, 11) is 0. The van der Waals surface area contributed by atoms with Gasteiger partial charge >= 0.3 is 0 Å². The maximum Gasteiger partial charge on any atom is 0.276 e. The summed E-state index contributed by atoms with van der Waals surface area (Å²) in [5.41, 5.74) is 3.97. The van der Waals surface area contributed by atoms with Gasteiger partial charge in [0.25, 0.3) is 5.91 Å². The first-order valence-electron chi connectivity index (χ1n) is 6.42. The topological polar surface area (TPSA) is 67.2 Å². The molecule has 112 valence electrons. The van der Waals surface area contributed by atoms with Gasteiger partial charge in [0.05, 0.1) is 16.6 Å². The summed E-state index contributed by atoms with van der Waals surface area (Å²) in [5, 5.41) is 9.02. The zero-order valence-electron chi connectivity index (χ0n) is 11.3. The van der Waals surface area contributed by atoms with E-state index in [4.69, 9.17) is 16.8 Å². The summed E-state index contributed by atoms with van der Waals surface area (Å²) in [6, 6.07) is 7.63. The van der Waals surface area contributed by atoms with Gasteiger partial charge in [-0.05, 0) is 29.8 Å². The van der Waals surface area contributed by atoms with Crippen molar-refractivity contribution in [1.82, 2.24) is 15.0 Å². The number of carbonyl (C=O) groups is 1. The number of nitrogens with zero attached hydrogens (tertiary/aromatic N) is 2. The monoisotopic (exact) mass is 319 g/mol. The highest BCUT2D eigenvalue weighted by Gasteiger charge is 2.10. The Labute approximate surface area is 129 Å². The highest BCUT2D eigenvalue weighted by molar-refractivity contribution is 6.31. The molecule has 0 radical (unpaired) electrons. The molecule has 0 saturated heterocycles. The van der Waals surface area contributed by atoms with E-state index >= 15 is 0 Å². The minimum absolute atomic E-state index is 0.236. The normalized spacial score (nSPS) is 10.9. The van der Waals surface area contributed by atoms with Crippen molar-refractivity contribution in [1.29, 1.82) is 0 Å². The fourth-order valence-corrected chi connectivity index (χ4v) is 2.45. The zero-order chi connectivity index (χ0) is 15.7. The van der Waals surface area contributed by atoms with E-state index in [2.05, 4.69) is 4.98 Å². The molecule has 2 heterocycles. The molecule has 7 heteroatoms. The minimum atomic E-state index is -0.637. The molecule has 0 spiro atoms. The lowest BCUT2D eigenvalue weighted by molar-refractivity contribution is 0.0706. The number of pyridine rings is 1. The summed E-state index contributed by atoms with van der Waals surface area (Å²) < 4.78 is 14.9. The average molecular weight is 320 g/mol. The number of fused-ring (bicyclic) bond motifs is 1. The van der Waals surface area contributed by atoms with Gasteiger partial charge in [0, 0.05) is 24.0 Å². The van der Waals surface area contributed by atoms with Crippen molar-refractivity contribution in [3.05, 3.63) is 64.7 Å². The van der Waals surface area contributed by atoms with Crippen LogP contribution in [0.15, 0.2) is 42.7 Å². The molecule has 0 saturated carbocycles. The van der Waals surface area contributed by atoms with Crippen molar-refractivity contribution >= 4 is 28.5 Å². The Hall–Kier alpha value is -2.44. The molecule has 2 N–H and O–H groups in total. The van der Waals surface area contributed by atoms with E-state index < -0.39 is 11.7 Å². The number of benzene rings is 1. The van der Waals surface area contributed by atoms with E-state index in [1.165, 1.54) is 18.3 Å². The van der Waals surface area contributed by atoms with Gasteiger partial charge in [-0.3, -0.25) is 15.0 Å². The molecule has 22 heavy (non-hydrogen) atoms. The van der Waals surface area contributed by atoms with E-state index in [1.54, 1.807) is 29.9 Å². The highest BCUT2D eigenvalue weighted by Crippen LogP contribution is 2.21. The van der Waals surface area contributed by atoms with Gasteiger partial charge in [0.2, 0.25) is 0 Å². The first-order valence-corrected chi connectivity index (χ1v) is 6.79. The van der Waals surface area contributed by atoms with Crippen LogP contribution in [0.3, 0.4) is 0 Å². The summed E-state index contributed by atoms with van der Waals surface area (Å²) >= 11 is 6.04. The molecule has 0 atom stereocenters. The molecule has 3 aromatic rings.